The topological polar surface area (TPSA) is 24.6 Å². The van der Waals surface area contributed by atoms with Crippen molar-refractivity contribution >= 4 is 5.52 Å². The first-order chi connectivity index (χ1) is 7.65. The predicted octanol–water partition coefficient (Wildman–Crippen LogP) is 2.98. The maximum atomic E-state index is 9.54. The lowest BCUT2D eigenvalue weighted by Crippen LogP contribution is -2.14. The van der Waals surface area contributed by atoms with Crippen LogP contribution in [0.4, 0.5) is 0 Å². The summed E-state index contributed by atoms with van der Waals surface area (Å²) in [4.78, 5) is 0. The molecule has 0 spiro atoms. The summed E-state index contributed by atoms with van der Waals surface area (Å²) in [5.74, 6) is 0.659. The molecular weight excluding hydrogens is 198 g/mol. The number of pyridine rings is 1. The van der Waals surface area contributed by atoms with E-state index in [1.165, 1.54) is 16.8 Å². The zero-order valence-corrected chi connectivity index (χ0v) is 10.1. The lowest BCUT2D eigenvalue weighted by Gasteiger charge is -2.19. The van der Waals surface area contributed by atoms with Crippen LogP contribution in [0.5, 0.6) is 0 Å². The van der Waals surface area contributed by atoms with E-state index < -0.39 is 0 Å². The van der Waals surface area contributed by atoms with Crippen molar-refractivity contribution in [1.82, 2.24) is 4.40 Å². The van der Waals surface area contributed by atoms with Crippen LogP contribution >= 0.6 is 0 Å². The average molecular weight is 217 g/mol. The van der Waals surface area contributed by atoms with Gasteiger partial charge < -0.3 is 9.51 Å². The molecule has 2 heterocycles. The molecule has 1 unspecified atom stereocenters. The van der Waals surface area contributed by atoms with Crippen molar-refractivity contribution < 1.29 is 5.11 Å². The molecule has 0 aliphatic heterocycles. The van der Waals surface area contributed by atoms with Gasteiger partial charge >= 0.3 is 0 Å². The first kappa shape index (κ1) is 11.2. The van der Waals surface area contributed by atoms with Crippen LogP contribution in [0, 0.1) is 12.8 Å². The molecule has 2 nitrogen and oxygen atoms in total. The summed E-state index contributed by atoms with van der Waals surface area (Å²) < 4.78 is 2.19. The van der Waals surface area contributed by atoms with Crippen LogP contribution in [0.1, 0.15) is 31.0 Å². The molecule has 2 rings (SSSR count). The molecule has 0 aliphatic carbocycles. The van der Waals surface area contributed by atoms with Gasteiger partial charge in [0.2, 0.25) is 0 Å². The lowest BCUT2D eigenvalue weighted by atomic mass is 9.91. The minimum absolute atomic E-state index is 0.208. The Morgan fingerprint density at radius 2 is 2.06 bits per heavy atom. The smallest absolute Gasteiger partial charge is 0.0516 e. The van der Waals surface area contributed by atoms with Gasteiger partial charge in [-0.2, -0.15) is 0 Å². The van der Waals surface area contributed by atoms with Gasteiger partial charge in [-0.1, -0.05) is 19.9 Å². The van der Waals surface area contributed by atoms with Crippen LogP contribution in [0.3, 0.4) is 0 Å². The fourth-order valence-corrected chi connectivity index (χ4v) is 2.36. The third kappa shape index (κ3) is 1.74. The van der Waals surface area contributed by atoms with Crippen molar-refractivity contribution in [1.29, 1.82) is 0 Å². The Labute approximate surface area is 96.5 Å². The second kappa shape index (κ2) is 4.30. The molecule has 0 aliphatic rings. The number of fused-ring (bicyclic) bond motifs is 1. The second-order valence-electron chi connectivity index (χ2n) is 4.74. The van der Waals surface area contributed by atoms with E-state index in [-0.39, 0.29) is 12.5 Å². The molecule has 1 atom stereocenters. The number of aromatic nitrogens is 1. The normalized spacial score (nSPS) is 13.6. The van der Waals surface area contributed by atoms with Gasteiger partial charge in [0, 0.05) is 23.3 Å². The Balaban J connectivity index is 2.62. The van der Waals surface area contributed by atoms with Gasteiger partial charge in [-0.15, -0.1) is 0 Å². The van der Waals surface area contributed by atoms with Gasteiger partial charge in [-0.05, 0) is 36.6 Å². The number of aliphatic hydroxyl groups is 1. The number of hydrogen-bond donors (Lipinski definition) is 1. The molecule has 0 radical (unpaired) electrons. The first-order valence-corrected chi connectivity index (χ1v) is 5.82. The van der Waals surface area contributed by atoms with Crippen molar-refractivity contribution in [2.75, 3.05) is 6.61 Å². The van der Waals surface area contributed by atoms with Crippen molar-refractivity contribution in [3.63, 3.8) is 0 Å². The third-order valence-corrected chi connectivity index (χ3v) is 3.27. The zero-order valence-electron chi connectivity index (χ0n) is 10.1. The summed E-state index contributed by atoms with van der Waals surface area (Å²) in [5.41, 5.74) is 3.71. The van der Waals surface area contributed by atoms with Gasteiger partial charge in [0.1, 0.15) is 0 Å². The van der Waals surface area contributed by atoms with E-state index >= 15 is 0 Å². The Bertz CT molecular complexity index is 484. The highest BCUT2D eigenvalue weighted by Crippen LogP contribution is 2.29. The second-order valence-corrected chi connectivity index (χ2v) is 4.74. The monoisotopic (exact) mass is 217 g/mol. The molecule has 0 bridgehead atoms. The first-order valence-electron chi connectivity index (χ1n) is 5.82. The van der Waals surface area contributed by atoms with Crippen LogP contribution in [-0.4, -0.2) is 16.1 Å². The number of rotatable bonds is 3. The van der Waals surface area contributed by atoms with Gasteiger partial charge in [0.25, 0.3) is 0 Å². The summed E-state index contributed by atoms with van der Waals surface area (Å²) in [6, 6.07) is 8.36. The van der Waals surface area contributed by atoms with Crippen molar-refractivity contribution in [2.45, 2.75) is 26.7 Å². The third-order valence-electron chi connectivity index (χ3n) is 3.27. The predicted molar refractivity (Wildman–Crippen MR) is 66.8 cm³/mol. The van der Waals surface area contributed by atoms with Gasteiger partial charge in [0.05, 0.1) is 6.61 Å². The summed E-state index contributed by atoms with van der Waals surface area (Å²) in [6.45, 7) is 6.64. The Morgan fingerprint density at radius 1 is 1.31 bits per heavy atom. The molecule has 0 amide bonds. The maximum absolute atomic E-state index is 9.54. The Hall–Kier alpha value is -1.28. The highest BCUT2D eigenvalue weighted by atomic mass is 16.3. The number of hydrogen-bond acceptors (Lipinski definition) is 1. The molecule has 2 heteroatoms. The molecule has 16 heavy (non-hydrogen) atoms. The molecule has 86 valence electrons. The van der Waals surface area contributed by atoms with Gasteiger partial charge in [0.15, 0.2) is 0 Å². The number of nitrogens with zero attached hydrogens (tertiary/aromatic N) is 1. The highest BCUT2D eigenvalue weighted by molar-refractivity contribution is 5.53. The van der Waals surface area contributed by atoms with E-state index in [4.69, 9.17) is 0 Å². The van der Waals surface area contributed by atoms with Crippen molar-refractivity contribution in [2.24, 2.45) is 5.92 Å². The largest absolute Gasteiger partial charge is 0.396 e. The molecule has 0 fully saturated rings. The summed E-state index contributed by atoms with van der Waals surface area (Å²) in [7, 11) is 0. The maximum Gasteiger partial charge on any atom is 0.0516 e. The van der Waals surface area contributed by atoms with E-state index in [1.54, 1.807) is 0 Å². The van der Waals surface area contributed by atoms with E-state index in [1.807, 2.05) is 12.1 Å². The van der Waals surface area contributed by atoms with Crippen LogP contribution in [0.2, 0.25) is 0 Å². The van der Waals surface area contributed by atoms with Gasteiger partial charge in [-0.25, -0.2) is 0 Å². The molecule has 0 aromatic carbocycles. The van der Waals surface area contributed by atoms with E-state index in [0.717, 1.165) is 0 Å². The van der Waals surface area contributed by atoms with Crippen molar-refractivity contribution in [3.8, 4) is 0 Å². The fraction of sp³-hybridized carbons (Fsp3) is 0.429. The number of aryl methyl sites for hydroxylation is 1. The summed E-state index contributed by atoms with van der Waals surface area (Å²) in [6.07, 6.45) is 2.07. The van der Waals surface area contributed by atoms with E-state index in [9.17, 15) is 5.11 Å². The zero-order chi connectivity index (χ0) is 11.7. The minimum Gasteiger partial charge on any atom is -0.396 e. The van der Waals surface area contributed by atoms with Crippen LogP contribution < -0.4 is 0 Å². The minimum atomic E-state index is 0.208. The lowest BCUT2D eigenvalue weighted by molar-refractivity contribution is 0.234. The molecule has 0 saturated carbocycles. The summed E-state index contributed by atoms with van der Waals surface area (Å²) >= 11 is 0. The quantitative estimate of drug-likeness (QED) is 0.840. The Kier molecular flexibility index (Phi) is 3.01. The molecule has 0 saturated heterocycles. The van der Waals surface area contributed by atoms with Crippen LogP contribution in [-0.2, 0) is 0 Å². The fourth-order valence-electron chi connectivity index (χ4n) is 2.36. The number of aliphatic hydroxyl groups excluding tert-OH is 1. The molecule has 2 aromatic heterocycles. The van der Waals surface area contributed by atoms with Crippen LogP contribution in [0.25, 0.3) is 5.52 Å². The van der Waals surface area contributed by atoms with Crippen molar-refractivity contribution in [3.05, 3.63) is 41.7 Å². The SMILES string of the molecule is Cc1cc2ccccn2c1C(CO)C(C)C. The van der Waals surface area contributed by atoms with E-state index in [2.05, 4.69) is 43.5 Å². The molecule has 2 aromatic rings. The molecular formula is C14H19NO. The van der Waals surface area contributed by atoms with Gasteiger partial charge in [-0.3, -0.25) is 0 Å². The summed E-state index contributed by atoms with van der Waals surface area (Å²) in [5, 5.41) is 9.54. The highest BCUT2D eigenvalue weighted by Gasteiger charge is 2.20. The standard InChI is InChI=1S/C14H19NO/c1-10(2)13(9-16)14-11(3)8-12-6-4-5-7-15(12)14/h4-8,10,13,16H,9H2,1-3H3. The molecule has 1 N–H and O–H groups in total. The average Bonchev–Trinajstić information content (AvgIpc) is 2.57. The Morgan fingerprint density at radius 3 is 2.69 bits per heavy atom. The van der Waals surface area contributed by atoms with Crippen LogP contribution in [0.15, 0.2) is 30.5 Å². The van der Waals surface area contributed by atoms with E-state index in [0.29, 0.717) is 5.92 Å².